The highest BCUT2D eigenvalue weighted by Gasteiger charge is 2.26. The fourth-order valence-corrected chi connectivity index (χ4v) is 4.58. The van der Waals surface area contributed by atoms with E-state index in [4.69, 9.17) is 4.74 Å². The van der Waals surface area contributed by atoms with E-state index in [9.17, 15) is 9.59 Å². The van der Waals surface area contributed by atoms with Crippen molar-refractivity contribution < 1.29 is 14.3 Å². The molecular weight excluding hydrogens is 416 g/mol. The van der Waals surface area contributed by atoms with Gasteiger partial charge in [-0.15, -0.1) is 11.3 Å². The van der Waals surface area contributed by atoms with Crippen molar-refractivity contribution in [1.82, 2.24) is 24.5 Å². The number of carbonyl (C=O) groups excluding carboxylic acids is 2. The Labute approximate surface area is 184 Å². The summed E-state index contributed by atoms with van der Waals surface area (Å²) in [5, 5.41) is 6.36. The lowest BCUT2D eigenvalue weighted by molar-refractivity contribution is -0.143. The number of aromatic nitrogens is 4. The zero-order valence-corrected chi connectivity index (χ0v) is 18.6. The van der Waals surface area contributed by atoms with Crippen molar-refractivity contribution >= 4 is 34.8 Å². The molecule has 3 aromatic rings. The van der Waals surface area contributed by atoms with Crippen molar-refractivity contribution in [1.29, 1.82) is 0 Å². The number of ether oxygens (including phenoxy) is 1. The fourth-order valence-electron chi connectivity index (χ4n) is 3.89. The molecular formula is C21H26N6O3S. The minimum atomic E-state index is -0.226. The molecule has 0 atom stereocenters. The number of anilines is 1. The van der Waals surface area contributed by atoms with E-state index in [1.54, 1.807) is 22.8 Å². The first-order valence-electron chi connectivity index (χ1n) is 10.5. The molecule has 10 heteroatoms. The molecule has 0 aromatic carbocycles. The second-order valence-electron chi connectivity index (χ2n) is 7.40. The number of amides is 1. The minimum absolute atomic E-state index is 0.154. The van der Waals surface area contributed by atoms with Gasteiger partial charge < -0.3 is 14.5 Å². The summed E-state index contributed by atoms with van der Waals surface area (Å²) in [6, 6.07) is 3.97. The lowest BCUT2D eigenvalue weighted by Gasteiger charge is -2.37. The molecule has 1 amide bonds. The monoisotopic (exact) mass is 442 g/mol. The number of fused-ring (bicyclic) bond motifs is 1. The Morgan fingerprint density at radius 2 is 2.03 bits per heavy atom. The van der Waals surface area contributed by atoms with Gasteiger partial charge in [-0.2, -0.15) is 14.6 Å². The molecule has 4 rings (SSSR count). The second kappa shape index (κ2) is 9.42. The first kappa shape index (κ1) is 21.2. The van der Waals surface area contributed by atoms with Crippen LogP contribution in [0.1, 0.15) is 29.5 Å². The lowest BCUT2D eigenvalue weighted by atomic mass is 10.1. The topological polar surface area (TPSA) is 92.9 Å². The largest absolute Gasteiger partial charge is 0.466 e. The molecule has 0 radical (unpaired) electrons. The Balaban J connectivity index is 1.52. The molecule has 1 fully saturated rings. The van der Waals surface area contributed by atoms with Crippen LogP contribution in [0.5, 0.6) is 0 Å². The maximum absolute atomic E-state index is 12.7. The normalized spacial score (nSPS) is 14.3. The van der Waals surface area contributed by atoms with Crippen molar-refractivity contribution in [3.05, 3.63) is 40.0 Å². The molecule has 0 spiro atoms. The molecule has 4 heterocycles. The van der Waals surface area contributed by atoms with E-state index in [1.165, 1.54) is 6.33 Å². The summed E-state index contributed by atoms with van der Waals surface area (Å²) in [4.78, 5) is 38.6. The van der Waals surface area contributed by atoms with Crippen molar-refractivity contribution in [2.75, 3.05) is 37.7 Å². The molecule has 0 bridgehead atoms. The number of carbonyl (C=O) groups is 2. The van der Waals surface area contributed by atoms with Crippen molar-refractivity contribution in [2.24, 2.45) is 0 Å². The molecule has 0 N–H and O–H groups in total. The molecule has 3 aromatic heterocycles. The molecule has 0 saturated carbocycles. The van der Waals surface area contributed by atoms with Crippen molar-refractivity contribution in [3.8, 4) is 0 Å². The third-order valence-electron chi connectivity index (χ3n) is 5.43. The van der Waals surface area contributed by atoms with Gasteiger partial charge in [0.05, 0.1) is 13.0 Å². The number of esters is 1. The highest BCUT2D eigenvalue weighted by Crippen LogP contribution is 2.26. The average molecular weight is 443 g/mol. The molecule has 9 nitrogen and oxygen atoms in total. The lowest BCUT2D eigenvalue weighted by Crippen LogP contribution is -2.50. The van der Waals surface area contributed by atoms with Gasteiger partial charge in [0.2, 0.25) is 5.91 Å². The van der Waals surface area contributed by atoms with E-state index >= 15 is 0 Å². The summed E-state index contributed by atoms with van der Waals surface area (Å²) < 4.78 is 6.83. The molecule has 1 aliphatic heterocycles. The Kier molecular flexibility index (Phi) is 6.45. The summed E-state index contributed by atoms with van der Waals surface area (Å²) in [6.45, 7) is 6.74. The predicted octanol–water partition coefficient (Wildman–Crippen LogP) is 1.88. The fraction of sp³-hybridized carbons (Fsp3) is 0.476. The smallest absolute Gasteiger partial charge is 0.306 e. The van der Waals surface area contributed by atoms with Crippen LogP contribution in [0.25, 0.3) is 5.78 Å². The van der Waals surface area contributed by atoms with Crippen LogP contribution in [0.2, 0.25) is 0 Å². The third-order valence-corrected chi connectivity index (χ3v) is 6.30. The van der Waals surface area contributed by atoms with Crippen LogP contribution in [-0.4, -0.2) is 69.1 Å². The first-order valence-corrected chi connectivity index (χ1v) is 11.3. The van der Waals surface area contributed by atoms with Crippen molar-refractivity contribution in [3.63, 3.8) is 0 Å². The van der Waals surface area contributed by atoms with E-state index in [0.717, 1.165) is 22.0 Å². The molecule has 31 heavy (non-hydrogen) atoms. The van der Waals surface area contributed by atoms with Crippen LogP contribution in [0.4, 0.5) is 5.82 Å². The van der Waals surface area contributed by atoms with Gasteiger partial charge in [-0.1, -0.05) is 6.07 Å². The SMILES string of the molecule is CCOC(=O)CCc1c(C)nc2ncnn2c1N1CCN(C(=O)Cc2cccs2)CC1. The zero-order chi connectivity index (χ0) is 21.8. The summed E-state index contributed by atoms with van der Waals surface area (Å²) >= 11 is 1.61. The van der Waals surface area contributed by atoms with Gasteiger partial charge in [0.1, 0.15) is 12.1 Å². The second-order valence-corrected chi connectivity index (χ2v) is 8.43. The summed E-state index contributed by atoms with van der Waals surface area (Å²) in [6.07, 6.45) is 2.73. The molecule has 1 saturated heterocycles. The number of rotatable bonds is 7. The van der Waals surface area contributed by atoms with Gasteiger partial charge in [0.25, 0.3) is 5.78 Å². The van der Waals surface area contributed by atoms with E-state index in [-0.39, 0.29) is 18.3 Å². The zero-order valence-electron chi connectivity index (χ0n) is 17.8. The Morgan fingerprint density at radius 3 is 2.74 bits per heavy atom. The third kappa shape index (κ3) is 4.68. The number of piperazine rings is 1. The van der Waals surface area contributed by atoms with Gasteiger partial charge in [-0.3, -0.25) is 9.59 Å². The summed E-state index contributed by atoms with van der Waals surface area (Å²) in [5.41, 5.74) is 1.79. The Hall–Kier alpha value is -3.01. The van der Waals surface area contributed by atoms with Gasteiger partial charge in [0, 0.05) is 48.7 Å². The number of nitrogens with zero attached hydrogens (tertiary/aromatic N) is 6. The number of aryl methyl sites for hydroxylation is 1. The standard InChI is InChI=1S/C21H26N6O3S/c1-3-30-19(29)7-6-17-15(2)24-21-22-14-23-27(21)20(17)26-10-8-25(9-11-26)18(28)13-16-5-4-12-31-16/h4-5,12,14H,3,6-11,13H2,1-2H3. The minimum Gasteiger partial charge on any atom is -0.466 e. The van der Waals surface area contributed by atoms with Gasteiger partial charge in [0.15, 0.2) is 0 Å². The predicted molar refractivity (Wildman–Crippen MR) is 117 cm³/mol. The van der Waals surface area contributed by atoms with E-state index in [2.05, 4.69) is 20.0 Å². The maximum Gasteiger partial charge on any atom is 0.306 e. The molecule has 0 unspecified atom stereocenters. The van der Waals surface area contributed by atoms with Crippen LogP contribution in [-0.2, 0) is 27.2 Å². The summed E-state index contributed by atoms with van der Waals surface area (Å²) in [7, 11) is 0. The maximum atomic E-state index is 12.7. The van der Waals surface area contributed by atoms with Crippen molar-refractivity contribution in [2.45, 2.75) is 33.1 Å². The van der Waals surface area contributed by atoms with Gasteiger partial charge in [-0.25, -0.2) is 4.98 Å². The van der Waals surface area contributed by atoms with Gasteiger partial charge in [-0.05, 0) is 31.7 Å². The number of hydrogen-bond donors (Lipinski definition) is 0. The number of hydrogen-bond acceptors (Lipinski definition) is 8. The molecule has 1 aliphatic rings. The highest BCUT2D eigenvalue weighted by atomic mass is 32.1. The summed E-state index contributed by atoms with van der Waals surface area (Å²) in [5.74, 6) is 1.36. The van der Waals surface area contributed by atoms with Crippen LogP contribution in [0, 0.1) is 6.92 Å². The molecule has 0 aliphatic carbocycles. The Morgan fingerprint density at radius 1 is 1.23 bits per heavy atom. The van der Waals surface area contributed by atoms with Crippen LogP contribution < -0.4 is 4.90 Å². The molecule has 164 valence electrons. The number of thiophene rings is 1. The van der Waals surface area contributed by atoms with Crippen LogP contribution >= 0.6 is 11.3 Å². The Bertz CT molecular complexity index is 1060. The van der Waals surface area contributed by atoms with Gasteiger partial charge >= 0.3 is 5.97 Å². The van der Waals surface area contributed by atoms with E-state index in [1.807, 2.05) is 29.3 Å². The van der Waals surface area contributed by atoms with Crippen LogP contribution in [0.15, 0.2) is 23.8 Å². The highest BCUT2D eigenvalue weighted by molar-refractivity contribution is 7.10. The van der Waals surface area contributed by atoms with E-state index < -0.39 is 0 Å². The quantitative estimate of drug-likeness (QED) is 0.516. The first-order chi connectivity index (χ1) is 15.1. The van der Waals surface area contributed by atoms with Crippen LogP contribution in [0.3, 0.4) is 0 Å². The van der Waals surface area contributed by atoms with E-state index in [0.29, 0.717) is 51.4 Å². The average Bonchev–Trinajstić information content (AvgIpc) is 3.44.